The molecule has 3 aromatic rings. The van der Waals surface area contributed by atoms with E-state index in [1.807, 2.05) is 17.5 Å². The monoisotopic (exact) mass is 376 g/mol. The summed E-state index contributed by atoms with van der Waals surface area (Å²) in [5.74, 6) is -0.387. The van der Waals surface area contributed by atoms with Crippen LogP contribution in [0.1, 0.15) is 24.9 Å². The Labute approximate surface area is 152 Å². The number of anilines is 1. The summed E-state index contributed by atoms with van der Waals surface area (Å²) in [6, 6.07) is 14.1. The van der Waals surface area contributed by atoms with E-state index >= 15 is 0 Å². The number of thiophene rings is 2. The molecule has 0 atom stereocenters. The Morgan fingerprint density at radius 1 is 1.04 bits per heavy atom. The van der Waals surface area contributed by atoms with Crippen molar-refractivity contribution in [2.24, 2.45) is 0 Å². The summed E-state index contributed by atoms with van der Waals surface area (Å²) in [7, 11) is 0. The van der Waals surface area contributed by atoms with Crippen LogP contribution in [0.4, 0.5) is 5.69 Å². The van der Waals surface area contributed by atoms with E-state index in [4.69, 9.17) is 11.6 Å². The van der Waals surface area contributed by atoms with Gasteiger partial charge in [0, 0.05) is 16.1 Å². The van der Waals surface area contributed by atoms with Crippen LogP contribution in [0.5, 0.6) is 0 Å². The predicted molar refractivity (Wildman–Crippen MR) is 99.2 cm³/mol. The number of halogens is 1. The molecule has 0 spiro atoms. The third-order valence-corrected chi connectivity index (χ3v) is 5.28. The molecule has 3 rings (SSSR count). The van der Waals surface area contributed by atoms with Crippen LogP contribution in [-0.4, -0.2) is 11.8 Å². The second kappa shape index (κ2) is 7.61. The van der Waals surface area contributed by atoms with Gasteiger partial charge in [-0.1, -0.05) is 23.7 Å². The number of rotatable bonds is 5. The first-order chi connectivity index (χ1) is 11.6. The standard InChI is InChI=1S/C17H13ClN2O2S2/c18-15-7-6-13(24-15)10-19-16(21)11-3-1-4-12(9-11)20-17(22)14-5-2-8-23-14/h1-9H,10H2,(H,19,21)(H,20,22). The molecule has 0 saturated heterocycles. The van der Waals surface area contributed by atoms with Crippen molar-refractivity contribution in [3.05, 3.63) is 73.6 Å². The van der Waals surface area contributed by atoms with E-state index in [0.717, 1.165) is 4.88 Å². The van der Waals surface area contributed by atoms with Crippen LogP contribution in [0.25, 0.3) is 0 Å². The smallest absolute Gasteiger partial charge is 0.265 e. The van der Waals surface area contributed by atoms with Crippen molar-refractivity contribution in [1.82, 2.24) is 5.32 Å². The van der Waals surface area contributed by atoms with Gasteiger partial charge in [-0.2, -0.15) is 0 Å². The zero-order chi connectivity index (χ0) is 16.9. The molecule has 0 saturated carbocycles. The van der Waals surface area contributed by atoms with Crippen molar-refractivity contribution < 1.29 is 9.59 Å². The molecule has 0 bridgehead atoms. The van der Waals surface area contributed by atoms with Gasteiger partial charge in [0.1, 0.15) is 0 Å². The molecular weight excluding hydrogens is 364 g/mol. The Balaban J connectivity index is 1.63. The summed E-state index contributed by atoms with van der Waals surface area (Å²) in [6.45, 7) is 0.419. The van der Waals surface area contributed by atoms with Gasteiger partial charge in [0.15, 0.2) is 0 Å². The quantitative estimate of drug-likeness (QED) is 0.681. The fourth-order valence-corrected chi connectivity index (χ4v) is 3.70. The largest absolute Gasteiger partial charge is 0.347 e. The van der Waals surface area contributed by atoms with E-state index in [1.165, 1.54) is 22.7 Å². The summed E-state index contributed by atoms with van der Waals surface area (Å²) < 4.78 is 0.692. The lowest BCUT2D eigenvalue weighted by molar-refractivity contribution is 0.0950. The number of hydrogen-bond donors (Lipinski definition) is 2. The van der Waals surface area contributed by atoms with Gasteiger partial charge < -0.3 is 10.6 Å². The van der Waals surface area contributed by atoms with Gasteiger partial charge in [0.25, 0.3) is 11.8 Å². The molecule has 4 nitrogen and oxygen atoms in total. The minimum Gasteiger partial charge on any atom is -0.347 e. The molecule has 1 aromatic carbocycles. The lowest BCUT2D eigenvalue weighted by Gasteiger charge is -2.07. The molecule has 24 heavy (non-hydrogen) atoms. The van der Waals surface area contributed by atoms with E-state index in [0.29, 0.717) is 27.0 Å². The number of amides is 2. The average Bonchev–Trinajstić information content (AvgIpc) is 3.24. The summed E-state index contributed by atoms with van der Waals surface area (Å²) in [4.78, 5) is 25.9. The zero-order valence-electron chi connectivity index (χ0n) is 12.4. The molecule has 122 valence electrons. The molecule has 2 aromatic heterocycles. The van der Waals surface area contributed by atoms with Gasteiger partial charge in [-0.15, -0.1) is 22.7 Å². The van der Waals surface area contributed by atoms with E-state index in [-0.39, 0.29) is 11.8 Å². The van der Waals surface area contributed by atoms with Crippen molar-refractivity contribution in [1.29, 1.82) is 0 Å². The Hall–Kier alpha value is -2.15. The highest BCUT2D eigenvalue weighted by atomic mass is 35.5. The van der Waals surface area contributed by atoms with Crippen molar-refractivity contribution in [3.8, 4) is 0 Å². The minimum atomic E-state index is -0.202. The predicted octanol–water partition coefficient (Wildman–Crippen LogP) is 4.65. The average molecular weight is 377 g/mol. The Morgan fingerprint density at radius 3 is 2.62 bits per heavy atom. The molecule has 0 aliphatic carbocycles. The summed E-state index contributed by atoms with van der Waals surface area (Å²) >= 11 is 8.67. The van der Waals surface area contributed by atoms with Crippen LogP contribution in [-0.2, 0) is 6.54 Å². The first-order valence-electron chi connectivity index (χ1n) is 7.09. The molecule has 7 heteroatoms. The van der Waals surface area contributed by atoms with Crippen LogP contribution in [0.2, 0.25) is 4.34 Å². The fourth-order valence-electron chi connectivity index (χ4n) is 2.05. The minimum absolute atomic E-state index is 0.184. The highest BCUT2D eigenvalue weighted by molar-refractivity contribution is 7.16. The number of hydrogen-bond acceptors (Lipinski definition) is 4. The lowest BCUT2D eigenvalue weighted by atomic mass is 10.2. The Bertz CT molecular complexity index is 859. The van der Waals surface area contributed by atoms with E-state index < -0.39 is 0 Å². The number of carbonyl (C=O) groups is 2. The fraction of sp³-hybridized carbons (Fsp3) is 0.0588. The normalized spacial score (nSPS) is 10.4. The highest BCUT2D eigenvalue weighted by Gasteiger charge is 2.10. The molecule has 0 fully saturated rings. The molecule has 0 aliphatic heterocycles. The number of benzene rings is 1. The summed E-state index contributed by atoms with van der Waals surface area (Å²) in [5.41, 5.74) is 1.07. The van der Waals surface area contributed by atoms with Crippen LogP contribution in [0.15, 0.2) is 53.9 Å². The van der Waals surface area contributed by atoms with Crippen LogP contribution >= 0.6 is 34.3 Å². The third-order valence-electron chi connectivity index (χ3n) is 3.18. The summed E-state index contributed by atoms with van der Waals surface area (Å²) in [5, 5.41) is 7.47. The SMILES string of the molecule is O=C(NCc1ccc(Cl)s1)c1cccc(NC(=O)c2cccs2)c1. The molecule has 0 aliphatic rings. The third kappa shape index (κ3) is 4.23. The van der Waals surface area contributed by atoms with Gasteiger partial charge in [-0.3, -0.25) is 9.59 Å². The highest BCUT2D eigenvalue weighted by Crippen LogP contribution is 2.21. The van der Waals surface area contributed by atoms with E-state index in [9.17, 15) is 9.59 Å². The first kappa shape index (κ1) is 16.7. The molecule has 0 unspecified atom stereocenters. The molecule has 2 heterocycles. The van der Waals surface area contributed by atoms with E-state index in [2.05, 4.69) is 10.6 Å². The number of nitrogens with one attached hydrogen (secondary N) is 2. The van der Waals surface area contributed by atoms with Gasteiger partial charge in [-0.25, -0.2) is 0 Å². The topological polar surface area (TPSA) is 58.2 Å². The maximum atomic E-state index is 12.2. The van der Waals surface area contributed by atoms with Crippen LogP contribution in [0.3, 0.4) is 0 Å². The van der Waals surface area contributed by atoms with Crippen molar-refractivity contribution in [3.63, 3.8) is 0 Å². The second-order valence-electron chi connectivity index (χ2n) is 4.90. The van der Waals surface area contributed by atoms with Crippen LogP contribution < -0.4 is 10.6 Å². The molecule has 0 radical (unpaired) electrons. The molecule has 2 amide bonds. The zero-order valence-corrected chi connectivity index (χ0v) is 14.8. The molecular formula is C17H13ClN2O2S2. The van der Waals surface area contributed by atoms with Crippen molar-refractivity contribution in [2.75, 3.05) is 5.32 Å². The lowest BCUT2D eigenvalue weighted by Crippen LogP contribution is -2.22. The second-order valence-corrected chi connectivity index (χ2v) is 7.65. The van der Waals surface area contributed by atoms with Crippen molar-refractivity contribution in [2.45, 2.75) is 6.54 Å². The van der Waals surface area contributed by atoms with E-state index in [1.54, 1.807) is 36.4 Å². The van der Waals surface area contributed by atoms with Gasteiger partial charge in [-0.05, 0) is 41.8 Å². The summed E-state index contributed by atoms with van der Waals surface area (Å²) in [6.07, 6.45) is 0. The van der Waals surface area contributed by atoms with Crippen molar-refractivity contribution >= 4 is 51.8 Å². The molecule has 2 N–H and O–H groups in total. The maximum absolute atomic E-state index is 12.2. The Morgan fingerprint density at radius 2 is 1.92 bits per heavy atom. The van der Waals surface area contributed by atoms with Crippen LogP contribution in [0, 0.1) is 0 Å². The Kier molecular flexibility index (Phi) is 5.30. The van der Waals surface area contributed by atoms with Gasteiger partial charge in [0.05, 0.1) is 15.8 Å². The number of carbonyl (C=O) groups excluding carboxylic acids is 2. The first-order valence-corrected chi connectivity index (χ1v) is 9.16. The van der Waals surface area contributed by atoms with Gasteiger partial charge >= 0.3 is 0 Å². The van der Waals surface area contributed by atoms with Gasteiger partial charge in [0.2, 0.25) is 0 Å². The maximum Gasteiger partial charge on any atom is 0.265 e.